The van der Waals surface area contributed by atoms with Crippen molar-refractivity contribution in [3.63, 3.8) is 0 Å². The lowest BCUT2D eigenvalue weighted by atomic mass is 10.2. The van der Waals surface area contributed by atoms with Crippen LogP contribution in [0.2, 0.25) is 19.6 Å². The fraction of sp³-hybridized carbons (Fsp3) is 0.500. The van der Waals surface area contributed by atoms with E-state index < -0.39 is 14.0 Å². The Labute approximate surface area is 89.8 Å². The van der Waals surface area contributed by atoms with Crippen molar-refractivity contribution in [2.75, 3.05) is 11.5 Å². The standard InChI is InChI=1S/C10H14O2SSi/c1-14(2,3)5-4-8-6-13-7-9(8)10(11)12/h6-7H2,1-3H3,(H,11,12). The van der Waals surface area contributed by atoms with Crippen molar-refractivity contribution < 1.29 is 9.90 Å². The van der Waals surface area contributed by atoms with Gasteiger partial charge in [0.15, 0.2) is 0 Å². The van der Waals surface area contributed by atoms with Crippen molar-refractivity contribution in [2.45, 2.75) is 19.6 Å². The van der Waals surface area contributed by atoms with Crippen LogP contribution >= 0.6 is 11.8 Å². The third-order valence-electron chi connectivity index (χ3n) is 1.70. The molecule has 1 N–H and O–H groups in total. The first-order chi connectivity index (χ1) is 6.40. The summed E-state index contributed by atoms with van der Waals surface area (Å²) in [6.07, 6.45) is 0. The van der Waals surface area contributed by atoms with Gasteiger partial charge in [0.25, 0.3) is 0 Å². The molecule has 1 rings (SSSR count). The Hall–Kier alpha value is -0.663. The Morgan fingerprint density at radius 1 is 1.43 bits per heavy atom. The van der Waals surface area contributed by atoms with E-state index >= 15 is 0 Å². The zero-order valence-electron chi connectivity index (χ0n) is 8.68. The lowest BCUT2D eigenvalue weighted by Gasteiger charge is -2.03. The van der Waals surface area contributed by atoms with Gasteiger partial charge < -0.3 is 5.11 Å². The zero-order valence-corrected chi connectivity index (χ0v) is 10.5. The minimum atomic E-state index is -1.39. The number of hydrogen-bond donors (Lipinski definition) is 1. The molecule has 1 heterocycles. The van der Waals surface area contributed by atoms with Crippen LogP contribution in [-0.4, -0.2) is 30.7 Å². The topological polar surface area (TPSA) is 37.3 Å². The van der Waals surface area contributed by atoms with Crippen LogP contribution in [0.3, 0.4) is 0 Å². The Kier molecular flexibility index (Phi) is 3.46. The second-order valence-electron chi connectivity index (χ2n) is 4.26. The number of carboxylic acids is 1. The van der Waals surface area contributed by atoms with E-state index in [1.165, 1.54) is 0 Å². The summed E-state index contributed by atoms with van der Waals surface area (Å²) >= 11 is 1.63. The van der Waals surface area contributed by atoms with Crippen LogP contribution in [0.4, 0.5) is 0 Å². The van der Waals surface area contributed by atoms with Gasteiger partial charge in [-0.25, -0.2) is 4.79 Å². The summed E-state index contributed by atoms with van der Waals surface area (Å²) in [5.74, 6) is 3.60. The normalized spacial score (nSPS) is 16.5. The Balaban J connectivity index is 2.91. The number of hydrogen-bond acceptors (Lipinski definition) is 2. The van der Waals surface area contributed by atoms with E-state index in [-0.39, 0.29) is 0 Å². The second kappa shape index (κ2) is 4.24. The quantitative estimate of drug-likeness (QED) is 0.549. The second-order valence-corrected chi connectivity index (χ2v) is 9.99. The predicted molar refractivity (Wildman–Crippen MR) is 63.1 cm³/mol. The average molecular weight is 226 g/mol. The maximum absolute atomic E-state index is 10.8. The van der Waals surface area contributed by atoms with Crippen molar-refractivity contribution in [1.82, 2.24) is 0 Å². The molecular weight excluding hydrogens is 212 g/mol. The first-order valence-corrected chi connectivity index (χ1v) is 9.12. The van der Waals surface area contributed by atoms with E-state index in [4.69, 9.17) is 5.11 Å². The number of rotatable bonds is 1. The van der Waals surface area contributed by atoms with Crippen LogP contribution in [0.25, 0.3) is 0 Å². The van der Waals surface area contributed by atoms with E-state index in [1.54, 1.807) is 11.8 Å². The summed E-state index contributed by atoms with van der Waals surface area (Å²) < 4.78 is 0. The van der Waals surface area contributed by atoms with Gasteiger partial charge in [0, 0.05) is 17.1 Å². The Morgan fingerprint density at radius 3 is 2.57 bits per heavy atom. The molecule has 1 aliphatic rings. The molecule has 4 heteroatoms. The van der Waals surface area contributed by atoms with Crippen molar-refractivity contribution >= 4 is 25.8 Å². The van der Waals surface area contributed by atoms with Gasteiger partial charge in [-0.2, -0.15) is 11.8 Å². The van der Waals surface area contributed by atoms with Crippen LogP contribution in [0.15, 0.2) is 11.1 Å². The highest BCUT2D eigenvalue weighted by Gasteiger charge is 2.19. The van der Waals surface area contributed by atoms with Crippen LogP contribution < -0.4 is 0 Å². The van der Waals surface area contributed by atoms with Gasteiger partial charge in [0.05, 0.1) is 5.57 Å². The predicted octanol–water partition coefficient (Wildman–Crippen LogP) is 2.00. The van der Waals surface area contributed by atoms with Crippen LogP contribution in [0.5, 0.6) is 0 Å². The molecule has 0 aromatic heterocycles. The van der Waals surface area contributed by atoms with Gasteiger partial charge in [0.2, 0.25) is 0 Å². The van der Waals surface area contributed by atoms with E-state index in [2.05, 4.69) is 31.1 Å². The molecule has 0 bridgehead atoms. The monoisotopic (exact) mass is 226 g/mol. The van der Waals surface area contributed by atoms with Gasteiger partial charge in [-0.3, -0.25) is 0 Å². The molecule has 0 radical (unpaired) electrons. The molecule has 0 aromatic rings. The summed E-state index contributed by atoms with van der Waals surface area (Å²) in [7, 11) is -1.39. The molecule has 1 aliphatic heterocycles. The summed E-state index contributed by atoms with van der Waals surface area (Å²) in [5, 5.41) is 8.89. The zero-order chi connectivity index (χ0) is 10.8. The fourth-order valence-corrected chi connectivity index (χ4v) is 2.57. The molecule has 0 aliphatic carbocycles. The van der Waals surface area contributed by atoms with E-state index in [1.807, 2.05) is 0 Å². The summed E-state index contributed by atoms with van der Waals surface area (Å²) in [4.78, 5) is 10.8. The molecule has 76 valence electrons. The number of thioether (sulfide) groups is 1. The van der Waals surface area contributed by atoms with Crippen LogP contribution in [0.1, 0.15) is 0 Å². The van der Waals surface area contributed by atoms with Crippen molar-refractivity contribution in [3.05, 3.63) is 11.1 Å². The number of carboxylic acid groups (broad SMARTS) is 1. The first kappa shape index (κ1) is 11.4. The number of carbonyl (C=O) groups is 1. The van der Waals surface area contributed by atoms with Gasteiger partial charge in [-0.05, 0) is 0 Å². The highest BCUT2D eigenvalue weighted by atomic mass is 32.2. The third-order valence-corrected chi connectivity index (χ3v) is 3.56. The first-order valence-electron chi connectivity index (χ1n) is 4.46. The molecular formula is C10H14O2SSi. The molecule has 0 atom stereocenters. The lowest BCUT2D eigenvalue weighted by molar-refractivity contribution is -0.132. The maximum atomic E-state index is 10.8. The fourth-order valence-electron chi connectivity index (χ4n) is 0.995. The summed E-state index contributed by atoms with van der Waals surface area (Å²) in [6, 6.07) is 0. The molecule has 14 heavy (non-hydrogen) atoms. The van der Waals surface area contributed by atoms with E-state index in [0.717, 1.165) is 11.3 Å². The van der Waals surface area contributed by atoms with Crippen molar-refractivity contribution in [2.24, 2.45) is 0 Å². The van der Waals surface area contributed by atoms with Gasteiger partial charge in [-0.1, -0.05) is 25.6 Å². The lowest BCUT2D eigenvalue weighted by Crippen LogP contribution is -2.16. The van der Waals surface area contributed by atoms with E-state index in [9.17, 15) is 4.79 Å². The average Bonchev–Trinajstić information content (AvgIpc) is 2.46. The minimum absolute atomic E-state index is 0.501. The Bertz CT molecular complexity index is 341. The van der Waals surface area contributed by atoms with E-state index in [0.29, 0.717) is 11.3 Å². The van der Waals surface area contributed by atoms with Gasteiger partial charge >= 0.3 is 5.97 Å². The molecule has 0 unspecified atom stereocenters. The maximum Gasteiger partial charge on any atom is 0.333 e. The summed E-state index contributed by atoms with van der Waals surface area (Å²) in [5.41, 5.74) is 4.53. The summed E-state index contributed by atoms with van der Waals surface area (Å²) in [6.45, 7) is 6.47. The molecule has 2 nitrogen and oxygen atoms in total. The Morgan fingerprint density at radius 2 is 2.07 bits per heavy atom. The molecule has 0 amide bonds. The van der Waals surface area contributed by atoms with Crippen LogP contribution in [0, 0.1) is 11.5 Å². The molecule has 0 fully saturated rings. The molecule has 0 spiro atoms. The van der Waals surface area contributed by atoms with Crippen LogP contribution in [-0.2, 0) is 4.79 Å². The third kappa shape index (κ3) is 3.24. The SMILES string of the molecule is C[Si](C)(C)C#CC1=C(C(=O)O)CSC1. The van der Waals surface area contributed by atoms with Gasteiger partial charge in [0.1, 0.15) is 8.07 Å². The molecule has 0 aromatic carbocycles. The molecule has 0 saturated heterocycles. The minimum Gasteiger partial charge on any atom is -0.478 e. The largest absolute Gasteiger partial charge is 0.478 e. The molecule has 0 saturated carbocycles. The van der Waals surface area contributed by atoms with Gasteiger partial charge in [-0.15, -0.1) is 5.54 Å². The highest BCUT2D eigenvalue weighted by molar-refractivity contribution is 8.00. The van der Waals surface area contributed by atoms with Crippen molar-refractivity contribution in [1.29, 1.82) is 0 Å². The highest BCUT2D eigenvalue weighted by Crippen LogP contribution is 2.24. The van der Waals surface area contributed by atoms with Crippen molar-refractivity contribution in [3.8, 4) is 11.5 Å². The smallest absolute Gasteiger partial charge is 0.333 e. The number of aliphatic carboxylic acids is 1.